The van der Waals surface area contributed by atoms with Crippen LogP contribution in [0.15, 0.2) is 24.3 Å². The molecule has 0 radical (unpaired) electrons. The van der Waals surface area contributed by atoms with Gasteiger partial charge in [-0.25, -0.2) is 0 Å². The number of para-hydroxylation sites is 1. The van der Waals surface area contributed by atoms with Crippen molar-refractivity contribution < 1.29 is 1.43 Å². The summed E-state index contributed by atoms with van der Waals surface area (Å²) in [6, 6.07) is 8.44. The summed E-state index contributed by atoms with van der Waals surface area (Å²) in [4.78, 5) is 0. The lowest BCUT2D eigenvalue weighted by Gasteiger charge is -2.07. The van der Waals surface area contributed by atoms with Crippen molar-refractivity contribution >= 4 is 5.69 Å². The Balaban J connectivity index is -0.000000121. The van der Waals surface area contributed by atoms with E-state index in [0.29, 0.717) is 0 Å². The number of benzene rings is 1. The van der Waals surface area contributed by atoms with Crippen LogP contribution in [0.3, 0.4) is 0 Å². The van der Waals surface area contributed by atoms with Crippen LogP contribution in [0.2, 0.25) is 0 Å². The maximum absolute atomic E-state index is 3.33. The quantitative estimate of drug-likeness (QED) is 0.659. The van der Waals surface area contributed by atoms with Gasteiger partial charge in [0, 0.05) is 13.7 Å². The van der Waals surface area contributed by atoms with E-state index in [2.05, 4.69) is 57.3 Å². The number of aryl methyl sites for hydroxylation is 1. The summed E-state index contributed by atoms with van der Waals surface area (Å²) in [5.74, 6) is 0. The van der Waals surface area contributed by atoms with Gasteiger partial charge in [0.15, 0.2) is 0 Å². The predicted octanol–water partition coefficient (Wildman–Crippen LogP) is 6.40. The van der Waals surface area contributed by atoms with Gasteiger partial charge >= 0.3 is 0 Å². The van der Waals surface area contributed by atoms with Crippen molar-refractivity contribution in [2.45, 2.75) is 68.2 Å². The zero-order valence-corrected chi connectivity index (χ0v) is 13.9. The second-order valence-electron chi connectivity index (χ2n) is 3.25. The van der Waals surface area contributed by atoms with E-state index in [9.17, 15) is 0 Å². The van der Waals surface area contributed by atoms with Crippen molar-refractivity contribution in [2.75, 3.05) is 11.9 Å². The Hall–Kier alpha value is -0.980. The Kier molecular flexibility index (Phi) is 26.3. The van der Waals surface area contributed by atoms with Gasteiger partial charge in [-0.2, -0.15) is 0 Å². The molecule has 0 aliphatic heterocycles. The average molecular weight is 255 g/mol. The SMILES string of the molecule is CC.CC.CCC.CCNc1ccccc1CC.[HH]. The van der Waals surface area contributed by atoms with Crippen LogP contribution in [0, 0.1) is 0 Å². The van der Waals surface area contributed by atoms with Crippen molar-refractivity contribution in [1.82, 2.24) is 0 Å². The molecule has 1 nitrogen and oxygen atoms in total. The van der Waals surface area contributed by atoms with Crippen LogP contribution < -0.4 is 5.32 Å². The first-order valence-electron chi connectivity index (χ1n) is 7.61. The molecule has 1 aromatic rings. The summed E-state index contributed by atoms with van der Waals surface area (Å²) >= 11 is 0. The zero-order valence-electron chi connectivity index (χ0n) is 13.9. The monoisotopic (exact) mass is 255 g/mol. The fraction of sp³-hybridized carbons (Fsp3) is 0.647. The number of rotatable bonds is 3. The van der Waals surface area contributed by atoms with Crippen molar-refractivity contribution in [3.05, 3.63) is 29.8 Å². The number of hydrogen-bond donors (Lipinski definition) is 1. The molecule has 0 atom stereocenters. The molecule has 0 fully saturated rings. The maximum atomic E-state index is 3.33. The summed E-state index contributed by atoms with van der Waals surface area (Å²) in [5, 5.41) is 3.33. The Morgan fingerprint density at radius 1 is 0.889 bits per heavy atom. The second kappa shape index (κ2) is 21.3. The summed E-state index contributed by atoms with van der Waals surface area (Å²) in [7, 11) is 0. The lowest BCUT2D eigenvalue weighted by atomic mass is 10.1. The molecule has 1 heteroatoms. The lowest BCUT2D eigenvalue weighted by Crippen LogP contribution is -1.99. The van der Waals surface area contributed by atoms with Gasteiger partial charge in [-0.3, -0.25) is 0 Å². The van der Waals surface area contributed by atoms with Gasteiger partial charge < -0.3 is 5.32 Å². The molecule has 0 bridgehead atoms. The summed E-state index contributed by atoms with van der Waals surface area (Å²) in [5.41, 5.74) is 2.67. The standard InChI is InChI=1S/C10H15N.C3H8.2C2H6.H2/c1-3-9-7-5-6-8-10(9)11-4-2;1-3-2;2*1-2;/h5-8,11H,3-4H2,1-2H3;3H2,1-2H3;2*1-2H3;1H. The summed E-state index contributed by atoms with van der Waals surface area (Å²) in [6.07, 6.45) is 2.35. The van der Waals surface area contributed by atoms with E-state index in [0.717, 1.165) is 13.0 Å². The van der Waals surface area contributed by atoms with Gasteiger partial charge in [-0.05, 0) is 25.0 Å². The van der Waals surface area contributed by atoms with Gasteiger partial charge in [0.1, 0.15) is 0 Å². The Bertz CT molecular complexity index is 236. The molecule has 0 unspecified atom stereocenters. The molecule has 18 heavy (non-hydrogen) atoms. The van der Waals surface area contributed by atoms with Crippen LogP contribution in [-0.4, -0.2) is 6.54 Å². The maximum Gasteiger partial charge on any atom is 0.0372 e. The molecular weight excluding hydrogens is 218 g/mol. The summed E-state index contributed by atoms with van der Waals surface area (Å²) in [6.45, 7) is 17.5. The first-order valence-corrected chi connectivity index (χ1v) is 7.61. The normalized spacial score (nSPS) is 7.56. The van der Waals surface area contributed by atoms with Crippen molar-refractivity contribution in [2.24, 2.45) is 0 Å². The molecular formula is C17H37N. The molecule has 0 heterocycles. The third-order valence-corrected chi connectivity index (χ3v) is 1.77. The minimum atomic E-state index is 0. The first kappa shape index (κ1) is 22.2. The highest BCUT2D eigenvalue weighted by molar-refractivity contribution is 5.50. The molecule has 1 rings (SSSR count). The molecule has 0 aromatic heterocycles. The Morgan fingerprint density at radius 2 is 1.33 bits per heavy atom. The minimum Gasteiger partial charge on any atom is -0.385 e. The zero-order chi connectivity index (χ0) is 14.8. The highest BCUT2D eigenvalue weighted by Crippen LogP contribution is 2.14. The fourth-order valence-corrected chi connectivity index (χ4v) is 1.19. The lowest BCUT2D eigenvalue weighted by molar-refractivity contribution is 1.09. The Morgan fingerprint density at radius 3 is 1.72 bits per heavy atom. The van der Waals surface area contributed by atoms with Crippen LogP contribution in [0.5, 0.6) is 0 Å². The van der Waals surface area contributed by atoms with Gasteiger partial charge in [0.2, 0.25) is 0 Å². The predicted molar refractivity (Wildman–Crippen MR) is 90.8 cm³/mol. The van der Waals surface area contributed by atoms with Crippen molar-refractivity contribution in [1.29, 1.82) is 0 Å². The molecule has 0 spiro atoms. The van der Waals surface area contributed by atoms with Crippen LogP contribution in [0.1, 0.15) is 68.8 Å². The van der Waals surface area contributed by atoms with Crippen LogP contribution in [-0.2, 0) is 6.42 Å². The molecule has 0 saturated carbocycles. The van der Waals surface area contributed by atoms with E-state index in [1.165, 1.54) is 17.7 Å². The molecule has 110 valence electrons. The third-order valence-electron chi connectivity index (χ3n) is 1.77. The molecule has 0 aliphatic carbocycles. The van der Waals surface area contributed by atoms with Crippen molar-refractivity contribution in [3.63, 3.8) is 0 Å². The fourth-order valence-electron chi connectivity index (χ4n) is 1.19. The number of anilines is 1. The largest absolute Gasteiger partial charge is 0.385 e. The van der Waals surface area contributed by atoms with E-state index in [1.54, 1.807) is 0 Å². The molecule has 0 amide bonds. The number of nitrogens with one attached hydrogen (secondary N) is 1. The molecule has 0 saturated heterocycles. The van der Waals surface area contributed by atoms with Gasteiger partial charge in [0.05, 0.1) is 0 Å². The highest BCUT2D eigenvalue weighted by Gasteiger charge is 1.95. The smallest absolute Gasteiger partial charge is 0.0372 e. The summed E-state index contributed by atoms with van der Waals surface area (Å²) < 4.78 is 0. The second-order valence-corrected chi connectivity index (χ2v) is 3.25. The van der Waals surface area contributed by atoms with Crippen LogP contribution in [0.4, 0.5) is 5.69 Å². The van der Waals surface area contributed by atoms with Gasteiger partial charge in [-0.1, -0.05) is 73.1 Å². The molecule has 1 aromatic carbocycles. The molecule has 0 aliphatic rings. The van der Waals surface area contributed by atoms with Crippen molar-refractivity contribution in [3.8, 4) is 0 Å². The van der Waals surface area contributed by atoms with E-state index >= 15 is 0 Å². The first-order chi connectivity index (χ1) is 8.79. The van der Waals surface area contributed by atoms with E-state index in [1.807, 2.05) is 27.7 Å². The van der Waals surface area contributed by atoms with E-state index < -0.39 is 0 Å². The minimum absolute atomic E-state index is 0. The van der Waals surface area contributed by atoms with Crippen LogP contribution in [0.25, 0.3) is 0 Å². The Labute approximate surface area is 117 Å². The molecule has 1 N–H and O–H groups in total. The van der Waals surface area contributed by atoms with Gasteiger partial charge in [-0.15, -0.1) is 0 Å². The topological polar surface area (TPSA) is 12.0 Å². The number of hydrogen-bond acceptors (Lipinski definition) is 1. The highest BCUT2D eigenvalue weighted by atomic mass is 14.9. The van der Waals surface area contributed by atoms with E-state index in [-0.39, 0.29) is 1.43 Å². The average Bonchev–Trinajstić information content (AvgIpc) is 2.45. The van der Waals surface area contributed by atoms with E-state index in [4.69, 9.17) is 0 Å². The van der Waals surface area contributed by atoms with Crippen LogP contribution >= 0.6 is 0 Å². The van der Waals surface area contributed by atoms with Gasteiger partial charge in [0.25, 0.3) is 0 Å². The third kappa shape index (κ3) is 13.1.